The summed E-state index contributed by atoms with van der Waals surface area (Å²) < 4.78 is 12.0. The lowest BCUT2D eigenvalue weighted by molar-refractivity contribution is -0.143. The molecule has 2 aromatic rings. The maximum atomic E-state index is 14.0. The molecule has 3 rings (SSSR count). The standard InChI is InChI=1S/C39H59N5O7/c1-4-5-6-7-8-9-10-11-12-13-14-15-35(45)44(3)36-29-17-19-34(51-23-21-41)31(26-29)30-24-28(16-18-33(30)50-22-20-40)25-32(39(48)49)43-37(46)27(2)42-38(36)47/h16-19,24,26-27,32,36H,4-15,20-23,25,40-41H2,1-3H3,(H,42,47)(H,43,46)(H,48,49). The number of ether oxygens (including phenoxy) is 2. The number of likely N-dealkylation sites (N-methyl/N-ethyl adjacent to an activating group) is 1. The minimum Gasteiger partial charge on any atom is -0.492 e. The van der Waals surface area contributed by atoms with Crippen LogP contribution >= 0.6 is 0 Å². The Hall–Kier alpha value is -4.16. The van der Waals surface area contributed by atoms with E-state index >= 15 is 0 Å². The number of unbranched alkanes of at least 4 members (excludes halogenated alkanes) is 10. The molecule has 0 saturated carbocycles. The maximum Gasteiger partial charge on any atom is 0.326 e. The molecule has 3 amide bonds. The predicted octanol–water partition coefficient (Wildman–Crippen LogP) is 4.86. The van der Waals surface area contributed by atoms with Gasteiger partial charge in [0, 0.05) is 44.1 Å². The summed E-state index contributed by atoms with van der Waals surface area (Å²) in [5.74, 6) is -1.72. The van der Waals surface area contributed by atoms with Gasteiger partial charge in [-0.3, -0.25) is 14.4 Å². The normalized spacial score (nSPS) is 17.5. The van der Waals surface area contributed by atoms with Crippen LogP contribution in [0.1, 0.15) is 108 Å². The van der Waals surface area contributed by atoms with E-state index in [4.69, 9.17) is 20.9 Å². The zero-order chi connectivity index (χ0) is 37.2. The van der Waals surface area contributed by atoms with Crippen LogP contribution in [0.2, 0.25) is 0 Å². The monoisotopic (exact) mass is 709 g/mol. The van der Waals surface area contributed by atoms with E-state index in [2.05, 4.69) is 17.6 Å². The SMILES string of the molecule is CCCCCCCCCCCCCC(=O)N(C)C1C(=O)NC(C)C(=O)NC(C(=O)O)Cc2ccc(OCCN)c(c2)-c2cc1ccc2OCCN. The van der Waals surface area contributed by atoms with Gasteiger partial charge in [-0.05, 0) is 48.7 Å². The number of carboxylic acids is 1. The Balaban J connectivity index is 1.94. The first-order chi connectivity index (χ1) is 24.6. The lowest BCUT2D eigenvalue weighted by Crippen LogP contribution is -2.53. The number of amides is 3. The zero-order valence-corrected chi connectivity index (χ0v) is 30.7. The highest BCUT2D eigenvalue weighted by molar-refractivity contribution is 5.94. The van der Waals surface area contributed by atoms with Gasteiger partial charge in [-0.15, -0.1) is 0 Å². The molecular weight excluding hydrogens is 650 g/mol. The van der Waals surface area contributed by atoms with E-state index in [-0.39, 0.29) is 45.1 Å². The van der Waals surface area contributed by atoms with Gasteiger partial charge in [0.25, 0.3) is 0 Å². The molecular formula is C39H59N5O7. The van der Waals surface area contributed by atoms with Gasteiger partial charge >= 0.3 is 5.97 Å². The second-order valence-electron chi connectivity index (χ2n) is 13.4. The van der Waals surface area contributed by atoms with Gasteiger partial charge in [-0.1, -0.05) is 83.3 Å². The Kier molecular flexibility index (Phi) is 17.7. The summed E-state index contributed by atoms with van der Waals surface area (Å²) in [5, 5.41) is 15.3. The van der Waals surface area contributed by atoms with Crippen molar-refractivity contribution >= 4 is 23.7 Å². The van der Waals surface area contributed by atoms with E-state index in [9.17, 15) is 24.3 Å². The molecule has 2 aromatic carbocycles. The van der Waals surface area contributed by atoms with Crippen LogP contribution in [0.4, 0.5) is 0 Å². The number of benzene rings is 2. The third-order valence-electron chi connectivity index (χ3n) is 9.23. The molecule has 0 radical (unpaired) electrons. The minimum atomic E-state index is -1.27. The fraction of sp³-hybridized carbons (Fsp3) is 0.590. The number of fused-ring (bicyclic) bond motifs is 5. The van der Waals surface area contributed by atoms with Crippen LogP contribution in [0.25, 0.3) is 11.1 Å². The molecule has 3 atom stereocenters. The van der Waals surface area contributed by atoms with Crippen molar-refractivity contribution in [1.29, 1.82) is 0 Å². The van der Waals surface area contributed by atoms with E-state index < -0.39 is 35.9 Å². The van der Waals surface area contributed by atoms with Gasteiger partial charge in [0.1, 0.15) is 42.8 Å². The summed E-state index contributed by atoms with van der Waals surface area (Å²) in [6, 6.07) is 7.04. The molecule has 1 aliphatic rings. The maximum absolute atomic E-state index is 14.0. The fourth-order valence-corrected chi connectivity index (χ4v) is 6.33. The summed E-state index contributed by atoms with van der Waals surface area (Å²) in [7, 11) is 1.59. The molecule has 51 heavy (non-hydrogen) atoms. The molecule has 1 heterocycles. The van der Waals surface area contributed by atoms with Gasteiger partial charge in [-0.2, -0.15) is 0 Å². The molecule has 1 aliphatic heterocycles. The first-order valence-corrected chi connectivity index (χ1v) is 18.6. The molecule has 0 fully saturated rings. The van der Waals surface area contributed by atoms with Crippen LogP contribution in [-0.4, -0.2) is 79.1 Å². The van der Waals surface area contributed by atoms with Crippen molar-refractivity contribution in [3.63, 3.8) is 0 Å². The second kappa shape index (κ2) is 21.9. The largest absolute Gasteiger partial charge is 0.492 e. The van der Waals surface area contributed by atoms with E-state index in [0.29, 0.717) is 40.2 Å². The minimum absolute atomic E-state index is 0.0243. The van der Waals surface area contributed by atoms with Crippen molar-refractivity contribution in [2.24, 2.45) is 11.5 Å². The molecule has 3 unspecified atom stereocenters. The van der Waals surface area contributed by atoms with Gasteiger partial charge in [0.05, 0.1) is 0 Å². The van der Waals surface area contributed by atoms with Crippen LogP contribution in [0.5, 0.6) is 11.5 Å². The van der Waals surface area contributed by atoms with Crippen LogP contribution < -0.4 is 31.6 Å². The third kappa shape index (κ3) is 12.8. The van der Waals surface area contributed by atoms with Crippen LogP contribution in [0.15, 0.2) is 36.4 Å². The number of nitrogens with two attached hydrogens (primary N) is 2. The smallest absolute Gasteiger partial charge is 0.326 e. The summed E-state index contributed by atoms with van der Waals surface area (Å²) in [6.45, 7) is 4.67. The van der Waals surface area contributed by atoms with Crippen molar-refractivity contribution in [3.05, 3.63) is 47.5 Å². The molecule has 282 valence electrons. The summed E-state index contributed by atoms with van der Waals surface area (Å²) in [6.07, 6.45) is 13.0. The van der Waals surface area contributed by atoms with Gasteiger partial charge in [0.15, 0.2) is 0 Å². The molecule has 0 spiro atoms. The fourth-order valence-electron chi connectivity index (χ4n) is 6.33. The number of nitrogens with one attached hydrogen (secondary N) is 2. The Morgan fingerprint density at radius 2 is 1.35 bits per heavy atom. The number of rotatable bonds is 20. The second-order valence-corrected chi connectivity index (χ2v) is 13.4. The highest BCUT2D eigenvalue weighted by Crippen LogP contribution is 2.40. The number of aliphatic carboxylic acids is 1. The number of hydrogen-bond acceptors (Lipinski definition) is 8. The number of carbonyl (C=O) groups is 4. The predicted molar refractivity (Wildman–Crippen MR) is 198 cm³/mol. The summed E-state index contributed by atoms with van der Waals surface area (Å²) >= 11 is 0. The number of hydrogen-bond donors (Lipinski definition) is 5. The molecule has 0 aliphatic carbocycles. The van der Waals surface area contributed by atoms with Gasteiger partial charge < -0.3 is 41.6 Å². The Bertz CT molecular complexity index is 1430. The van der Waals surface area contributed by atoms with Crippen molar-refractivity contribution < 1.29 is 33.8 Å². The van der Waals surface area contributed by atoms with E-state index in [1.54, 1.807) is 43.4 Å². The average Bonchev–Trinajstić information content (AvgIpc) is 3.11. The summed E-state index contributed by atoms with van der Waals surface area (Å²) in [5.41, 5.74) is 13.8. The Morgan fingerprint density at radius 3 is 1.92 bits per heavy atom. The highest BCUT2D eigenvalue weighted by Gasteiger charge is 2.33. The molecule has 12 heteroatoms. The van der Waals surface area contributed by atoms with Crippen LogP contribution in [-0.2, 0) is 25.6 Å². The van der Waals surface area contributed by atoms with E-state index in [0.717, 1.165) is 19.3 Å². The topological polar surface area (TPSA) is 186 Å². The van der Waals surface area contributed by atoms with Gasteiger partial charge in [-0.25, -0.2) is 4.79 Å². The lowest BCUT2D eigenvalue weighted by Gasteiger charge is -2.30. The number of carbonyl (C=O) groups excluding carboxylic acids is 3. The molecule has 7 N–H and O–H groups in total. The van der Waals surface area contributed by atoms with Crippen LogP contribution in [0.3, 0.4) is 0 Å². The van der Waals surface area contributed by atoms with Gasteiger partial charge in [0.2, 0.25) is 17.7 Å². The van der Waals surface area contributed by atoms with Crippen molar-refractivity contribution in [1.82, 2.24) is 15.5 Å². The van der Waals surface area contributed by atoms with E-state index in [1.165, 1.54) is 56.8 Å². The summed E-state index contributed by atoms with van der Waals surface area (Å²) in [4.78, 5) is 54.5. The number of carboxylic acid groups (broad SMARTS) is 1. The lowest BCUT2D eigenvalue weighted by atomic mass is 9.93. The average molecular weight is 710 g/mol. The van der Waals surface area contributed by atoms with Crippen molar-refractivity contribution in [3.8, 4) is 22.6 Å². The van der Waals surface area contributed by atoms with Crippen molar-refractivity contribution in [2.75, 3.05) is 33.4 Å². The molecule has 12 nitrogen and oxygen atoms in total. The quantitative estimate of drug-likeness (QED) is 0.120. The Labute approximate surface area is 303 Å². The molecule has 0 saturated heterocycles. The van der Waals surface area contributed by atoms with Crippen molar-refractivity contribution in [2.45, 2.75) is 115 Å². The first kappa shape index (κ1) is 41.3. The highest BCUT2D eigenvalue weighted by atomic mass is 16.5. The first-order valence-electron chi connectivity index (χ1n) is 18.6. The molecule has 4 bridgehead atoms. The third-order valence-corrected chi connectivity index (χ3v) is 9.23. The molecule has 0 aromatic heterocycles. The van der Waals surface area contributed by atoms with E-state index in [1.807, 2.05) is 0 Å². The Morgan fingerprint density at radius 1 is 0.804 bits per heavy atom. The zero-order valence-electron chi connectivity index (χ0n) is 30.7. The van der Waals surface area contributed by atoms with Crippen LogP contribution in [0, 0.1) is 0 Å². The number of nitrogens with zero attached hydrogens (tertiary/aromatic N) is 1.